The monoisotopic (exact) mass is 461 g/mol. The molecule has 0 radical (unpaired) electrons. The number of halogens is 9. The van der Waals surface area contributed by atoms with Crippen LogP contribution in [0, 0.1) is 0 Å². The van der Waals surface area contributed by atoms with Crippen LogP contribution in [0.3, 0.4) is 0 Å². The molecule has 0 atom stereocenters. The molecule has 0 bridgehead atoms. The molecule has 0 heterocycles. The zero-order valence-electron chi connectivity index (χ0n) is 10.2. The van der Waals surface area contributed by atoms with Crippen LogP contribution >= 0.6 is 0 Å². The highest BCUT2D eigenvalue weighted by molar-refractivity contribution is 7.88. The van der Waals surface area contributed by atoms with Crippen molar-refractivity contribution in [1.29, 1.82) is 0 Å². The molecule has 0 unspecified atom stereocenters. The second-order valence-corrected chi connectivity index (χ2v) is 7.71. The largest absolute Gasteiger partial charge is 0.524 e. The fraction of sp³-hybridized carbons (Fsp3) is 1.00. The Bertz CT molecular complexity index is 677. The standard InChI is InChI=1S/C3F9NO9S3/c4-1(5,6)23(14,15)20-13(21-24(16,17)2(7,8)9)22-25(18,19)3(10,11)12. The van der Waals surface area contributed by atoms with Gasteiger partial charge in [-0.2, -0.15) is 64.8 Å². The third kappa shape index (κ3) is 6.07. The van der Waals surface area contributed by atoms with Gasteiger partial charge in [0, 0.05) is 0 Å². The normalized spacial score (nSPS) is 15.6. The fourth-order valence-corrected chi connectivity index (χ4v) is 1.44. The van der Waals surface area contributed by atoms with E-state index in [2.05, 4.69) is 12.9 Å². The SMILES string of the molecule is O=S(=O)(ON(OS(=O)(=O)C(F)(F)F)OS(=O)(=O)C(F)(F)F)C(F)(F)F. The second kappa shape index (κ2) is 6.66. The van der Waals surface area contributed by atoms with Crippen LogP contribution in [0.1, 0.15) is 0 Å². The highest BCUT2D eigenvalue weighted by atomic mass is 32.2. The Morgan fingerprint density at radius 3 is 0.760 bits per heavy atom. The van der Waals surface area contributed by atoms with Gasteiger partial charge in [0.15, 0.2) is 0 Å². The van der Waals surface area contributed by atoms with Crippen LogP contribution in [0.15, 0.2) is 0 Å². The van der Waals surface area contributed by atoms with E-state index in [0.29, 0.717) is 0 Å². The Morgan fingerprint density at radius 1 is 0.480 bits per heavy atom. The van der Waals surface area contributed by atoms with Gasteiger partial charge >= 0.3 is 46.9 Å². The van der Waals surface area contributed by atoms with Crippen LogP contribution in [0.2, 0.25) is 0 Å². The minimum atomic E-state index is -7.22. The molecule has 10 nitrogen and oxygen atoms in total. The van der Waals surface area contributed by atoms with Crippen LogP contribution in [0.5, 0.6) is 0 Å². The molecule has 0 N–H and O–H groups in total. The molecule has 0 aromatic heterocycles. The Balaban J connectivity index is 5.96. The summed E-state index contributed by atoms with van der Waals surface area (Å²) in [5, 5.41) is -2.66. The first-order chi connectivity index (χ1) is 10.5. The highest BCUT2D eigenvalue weighted by Crippen LogP contribution is 2.32. The lowest BCUT2D eigenvalue weighted by Crippen LogP contribution is -2.42. The van der Waals surface area contributed by atoms with Crippen molar-refractivity contribution < 1.29 is 77.6 Å². The van der Waals surface area contributed by atoms with Crippen molar-refractivity contribution in [2.75, 3.05) is 0 Å². The van der Waals surface area contributed by atoms with Crippen LogP contribution in [-0.4, -0.2) is 47.2 Å². The Kier molecular flexibility index (Phi) is 6.41. The van der Waals surface area contributed by atoms with E-state index in [4.69, 9.17) is 0 Å². The summed E-state index contributed by atoms with van der Waals surface area (Å²) >= 11 is 0. The number of hydrogen-bond acceptors (Lipinski definition) is 10. The van der Waals surface area contributed by atoms with Gasteiger partial charge in [-0.05, 0) is 0 Å². The van der Waals surface area contributed by atoms with E-state index in [1.54, 1.807) is 0 Å². The van der Waals surface area contributed by atoms with Gasteiger partial charge in [0.05, 0.1) is 0 Å². The molecular formula is C3F9NO9S3. The molecule has 152 valence electrons. The van der Waals surface area contributed by atoms with Gasteiger partial charge < -0.3 is 0 Å². The van der Waals surface area contributed by atoms with Crippen molar-refractivity contribution in [1.82, 2.24) is 5.39 Å². The molecule has 0 spiro atoms. The summed E-state index contributed by atoms with van der Waals surface area (Å²) in [7, 11) is -21.7. The molecule has 22 heteroatoms. The van der Waals surface area contributed by atoms with Gasteiger partial charge in [-0.15, -0.1) is 12.9 Å². The maximum absolute atomic E-state index is 11.9. The summed E-state index contributed by atoms with van der Waals surface area (Å²) in [4.78, 5) is 0. The third-order valence-electron chi connectivity index (χ3n) is 1.33. The molecule has 0 aromatic carbocycles. The first-order valence-electron chi connectivity index (χ1n) is 4.36. The van der Waals surface area contributed by atoms with Crippen LogP contribution in [0.25, 0.3) is 0 Å². The summed E-state index contributed by atoms with van der Waals surface area (Å²) in [5.41, 5.74) is -19.7. The molecule has 0 aromatic rings. The van der Waals surface area contributed by atoms with Crippen molar-refractivity contribution in [3.05, 3.63) is 0 Å². The third-order valence-corrected chi connectivity index (χ3v) is 3.98. The van der Waals surface area contributed by atoms with Gasteiger partial charge in [0.2, 0.25) is 0 Å². The summed E-state index contributed by atoms with van der Waals surface area (Å²) in [6.07, 6.45) is 0. The molecule has 0 amide bonds. The average Bonchev–Trinajstić information content (AvgIpc) is 2.21. The number of nitrogens with zero attached hydrogens (tertiary/aromatic N) is 1. The van der Waals surface area contributed by atoms with E-state index in [9.17, 15) is 64.8 Å². The molecule has 0 fully saturated rings. The highest BCUT2D eigenvalue weighted by Gasteiger charge is 2.56. The maximum atomic E-state index is 11.9. The zero-order chi connectivity index (χ0) is 20.7. The van der Waals surface area contributed by atoms with Crippen molar-refractivity contribution in [3.8, 4) is 0 Å². The summed E-state index contributed by atoms with van der Waals surface area (Å²) in [6.45, 7) is 0. The van der Waals surface area contributed by atoms with Crippen LogP contribution in [-0.2, 0) is 43.2 Å². The van der Waals surface area contributed by atoms with Crippen molar-refractivity contribution in [3.63, 3.8) is 0 Å². The van der Waals surface area contributed by atoms with Crippen LogP contribution in [0.4, 0.5) is 39.5 Å². The lowest BCUT2D eigenvalue weighted by Gasteiger charge is -2.19. The number of hydrogen-bond donors (Lipinski definition) is 0. The van der Waals surface area contributed by atoms with Gasteiger partial charge in [0.25, 0.3) is 0 Å². The predicted molar refractivity (Wildman–Crippen MR) is 50.0 cm³/mol. The minimum absolute atomic E-state index is 2.34. The minimum Gasteiger partial charge on any atom is -0.188 e. The molecule has 0 aliphatic carbocycles. The van der Waals surface area contributed by atoms with E-state index in [1.165, 1.54) is 0 Å². The number of alkyl halides is 9. The summed E-state index contributed by atoms with van der Waals surface area (Å²) in [5.74, 6) is 0. The first-order valence-corrected chi connectivity index (χ1v) is 8.59. The lowest BCUT2D eigenvalue weighted by molar-refractivity contribution is -0.411. The molecule has 0 aliphatic rings. The van der Waals surface area contributed by atoms with Gasteiger partial charge in [-0.25, -0.2) is 0 Å². The van der Waals surface area contributed by atoms with Gasteiger partial charge in [-0.1, -0.05) is 0 Å². The molecular weight excluding hydrogens is 461 g/mol. The molecule has 0 saturated heterocycles. The first kappa shape index (κ1) is 24.1. The lowest BCUT2D eigenvalue weighted by atomic mass is 11.6. The van der Waals surface area contributed by atoms with E-state index < -0.39 is 52.3 Å². The molecule has 0 rings (SSSR count). The fourth-order valence-electron chi connectivity index (χ4n) is 0.404. The van der Waals surface area contributed by atoms with Gasteiger partial charge in [-0.3, -0.25) is 0 Å². The topological polar surface area (TPSA) is 133 Å². The Labute approximate surface area is 130 Å². The van der Waals surface area contributed by atoms with E-state index >= 15 is 0 Å². The van der Waals surface area contributed by atoms with Crippen molar-refractivity contribution >= 4 is 30.4 Å². The summed E-state index contributed by atoms with van der Waals surface area (Å²) < 4.78 is 177. The van der Waals surface area contributed by atoms with E-state index in [-0.39, 0.29) is 0 Å². The van der Waals surface area contributed by atoms with Crippen molar-refractivity contribution in [2.24, 2.45) is 0 Å². The summed E-state index contributed by atoms with van der Waals surface area (Å²) in [6, 6.07) is 0. The van der Waals surface area contributed by atoms with Gasteiger partial charge in [0.1, 0.15) is 5.39 Å². The Hall–Kier alpha value is -0.940. The quantitative estimate of drug-likeness (QED) is 0.315. The molecule has 0 saturated carbocycles. The molecule has 25 heavy (non-hydrogen) atoms. The predicted octanol–water partition coefficient (Wildman–Crippen LogP) is 0.632. The Morgan fingerprint density at radius 2 is 0.640 bits per heavy atom. The molecule has 0 aliphatic heterocycles. The second-order valence-electron chi connectivity index (χ2n) is 3.15. The van der Waals surface area contributed by atoms with Crippen LogP contribution < -0.4 is 0 Å². The smallest absolute Gasteiger partial charge is 0.188 e. The zero-order valence-corrected chi connectivity index (χ0v) is 12.7. The average molecular weight is 461 g/mol. The van der Waals surface area contributed by atoms with E-state index in [0.717, 1.165) is 0 Å². The maximum Gasteiger partial charge on any atom is 0.524 e. The van der Waals surface area contributed by atoms with Crippen molar-refractivity contribution in [2.45, 2.75) is 16.5 Å². The van der Waals surface area contributed by atoms with E-state index in [1.807, 2.05) is 0 Å². The number of rotatable bonds is 6.